The van der Waals surface area contributed by atoms with Gasteiger partial charge in [-0.25, -0.2) is 9.97 Å². The summed E-state index contributed by atoms with van der Waals surface area (Å²) < 4.78 is 0. The van der Waals surface area contributed by atoms with Crippen molar-refractivity contribution in [1.82, 2.24) is 9.97 Å². The molecule has 0 amide bonds. The number of nitrogens with zero attached hydrogens (tertiary/aromatic N) is 2. The highest BCUT2D eigenvalue weighted by molar-refractivity contribution is 6.32. The highest BCUT2D eigenvalue weighted by Gasteiger charge is 2.21. The van der Waals surface area contributed by atoms with Gasteiger partial charge in [0.1, 0.15) is 16.8 Å². The molecule has 2 rings (SSSR count). The first-order valence-corrected chi connectivity index (χ1v) is 7.10. The predicted molar refractivity (Wildman–Crippen MR) is 85.1 cm³/mol. The normalized spacial score (nSPS) is 11.2. The summed E-state index contributed by atoms with van der Waals surface area (Å²) >= 11 is 5.98. The first-order valence-electron chi connectivity index (χ1n) is 6.73. The molecular weight excluding hydrogens is 286 g/mol. The van der Waals surface area contributed by atoms with E-state index in [1.54, 1.807) is 6.92 Å². The molecule has 1 aromatic heterocycles. The van der Waals surface area contributed by atoms with Crippen molar-refractivity contribution in [1.29, 1.82) is 0 Å². The Kier molecular flexibility index (Phi) is 4.58. The van der Waals surface area contributed by atoms with Crippen molar-refractivity contribution in [3.8, 4) is 0 Å². The van der Waals surface area contributed by atoms with Gasteiger partial charge < -0.3 is 5.32 Å². The first-order chi connectivity index (χ1) is 9.94. The topological polar surface area (TPSA) is 54.9 Å². The van der Waals surface area contributed by atoms with Crippen LogP contribution in [0.15, 0.2) is 30.3 Å². The number of halogens is 1. The van der Waals surface area contributed by atoms with E-state index in [1.807, 2.05) is 18.2 Å². The number of hydrogen-bond donors (Lipinski definition) is 1. The molecule has 0 atom stereocenters. The minimum Gasteiger partial charge on any atom is -0.368 e. The van der Waals surface area contributed by atoms with E-state index in [4.69, 9.17) is 11.6 Å². The lowest BCUT2D eigenvalue weighted by molar-refractivity contribution is 0.112. The van der Waals surface area contributed by atoms with Crippen molar-refractivity contribution in [2.24, 2.45) is 0 Å². The molecule has 1 N–H and O–H groups in total. The summed E-state index contributed by atoms with van der Waals surface area (Å²) in [7, 11) is 0. The Balaban J connectivity index is 2.22. The van der Waals surface area contributed by atoms with Gasteiger partial charge in [0.25, 0.3) is 0 Å². The summed E-state index contributed by atoms with van der Waals surface area (Å²) in [5, 5.41) is 3.40. The molecule has 1 heterocycles. The summed E-state index contributed by atoms with van der Waals surface area (Å²) in [5.41, 5.74) is 1.40. The Morgan fingerprint density at radius 1 is 1.24 bits per heavy atom. The molecule has 1 aromatic carbocycles. The quantitative estimate of drug-likeness (QED) is 0.677. The third-order valence-electron chi connectivity index (χ3n) is 3.38. The molecule has 0 spiro atoms. The zero-order chi connectivity index (χ0) is 15.5. The van der Waals surface area contributed by atoms with Crippen LogP contribution in [0, 0.1) is 6.92 Å². The van der Waals surface area contributed by atoms with Crippen LogP contribution in [0.3, 0.4) is 0 Å². The molecule has 0 saturated carbocycles. The van der Waals surface area contributed by atoms with Gasteiger partial charge in [-0.15, -0.1) is 0 Å². The van der Waals surface area contributed by atoms with E-state index in [0.717, 1.165) is 0 Å². The largest absolute Gasteiger partial charge is 0.368 e. The molecule has 110 valence electrons. The number of hydrogen-bond acceptors (Lipinski definition) is 4. The van der Waals surface area contributed by atoms with E-state index in [9.17, 15) is 4.79 Å². The van der Waals surface area contributed by atoms with Crippen molar-refractivity contribution in [3.63, 3.8) is 0 Å². The fourth-order valence-corrected chi connectivity index (χ4v) is 2.34. The molecule has 4 nitrogen and oxygen atoms in total. The molecule has 2 aromatic rings. The van der Waals surface area contributed by atoms with Crippen LogP contribution in [0.5, 0.6) is 0 Å². The second-order valence-corrected chi connectivity index (χ2v) is 5.90. The van der Waals surface area contributed by atoms with Gasteiger partial charge in [0.05, 0.1) is 5.56 Å². The van der Waals surface area contributed by atoms with Crippen LogP contribution in [-0.2, 0) is 5.41 Å². The molecule has 0 aliphatic carbocycles. The maximum Gasteiger partial charge on any atom is 0.156 e. The van der Waals surface area contributed by atoms with Gasteiger partial charge in [-0.1, -0.05) is 55.8 Å². The van der Waals surface area contributed by atoms with Gasteiger partial charge in [0, 0.05) is 12.0 Å². The van der Waals surface area contributed by atoms with Gasteiger partial charge in [0.15, 0.2) is 6.29 Å². The van der Waals surface area contributed by atoms with E-state index in [1.165, 1.54) is 5.56 Å². The predicted octanol–water partition coefficient (Wildman–Crippen LogP) is 3.64. The summed E-state index contributed by atoms with van der Waals surface area (Å²) in [4.78, 5) is 19.4. The summed E-state index contributed by atoms with van der Waals surface area (Å²) in [5.74, 6) is 1.01. The lowest BCUT2D eigenvalue weighted by Crippen LogP contribution is -2.28. The third-order valence-corrected chi connectivity index (χ3v) is 3.67. The molecule has 0 aliphatic rings. The fourth-order valence-electron chi connectivity index (χ4n) is 2.08. The highest BCUT2D eigenvalue weighted by Crippen LogP contribution is 2.25. The van der Waals surface area contributed by atoms with Crippen molar-refractivity contribution < 1.29 is 4.79 Å². The zero-order valence-corrected chi connectivity index (χ0v) is 13.1. The molecule has 21 heavy (non-hydrogen) atoms. The molecule has 0 aliphatic heterocycles. The first kappa shape index (κ1) is 15.4. The van der Waals surface area contributed by atoms with Crippen molar-refractivity contribution in [2.45, 2.75) is 26.2 Å². The highest BCUT2D eigenvalue weighted by atomic mass is 35.5. The number of carbonyl (C=O) groups excluding carboxylic acids is 1. The summed E-state index contributed by atoms with van der Waals surface area (Å²) in [6.45, 7) is 6.63. The molecule has 0 fully saturated rings. The number of rotatable bonds is 5. The number of aldehydes is 1. The Hall–Kier alpha value is -1.94. The Morgan fingerprint density at radius 2 is 1.90 bits per heavy atom. The van der Waals surface area contributed by atoms with Crippen LogP contribution in [0.1, 0.15) is 35.6 Å². The van der Waals surface area contributed by atoms with Gasteiger partial charge in [-0.05, 0) is 12.5 Å². The molecule has 0 bridgehead atoms. The number of aromatic nitrogens is 2. The number of nitrogens with one attached hydrogen (secondary N) is 1. The number of benzene rings is 1. The summed E-state index contributed by atoms with van der Waals surface area (Å²) in [6.07, 6.45) is 0.680. The maximum absolute atomic E-state index is 11.1. The zero-order valence-electron chi connectivity index (χ0n) is 12.4. The van der Waals surface area contributed by atoms with E-state index < -0.39 is 0 Å². The van der Waals surface area contributed by atoms with Crippen LogP contribution in [0.4, 0.5) is 5.82 Å². The second kappa shape index (κ2) is 6.22. The average Bonchev–Trinajstić information content (AvgIpc) is 2.46. The van der Waals surface area contributed by atoms with Crippen LogP contribution in [-0.4, -0.2) is 22.8 Å². The minimum absolute atomic E-state index is 0.104. The third kappa shape index (κ3) is 3.58. The van der Waals surface area contributed by atoms with E-state index in [0.29, 0.717) is 30.0 Å². The standard InChI is InChI=1S/C16H18ClN3O/c1-11-19-14(17)13(9-21)15(20-11)18-10-16(2,3)12-7-5-4-6-8-12/h4-9H,10H2,1-3H3,(H,18,19,20). The lowest BCUT2D eigenvalue weighted by Gasteiger charge is -2.26. The van der Waals surface area contributed by atoms with Crippen LogP contribution in [0.25, 0.3) is 0 Å². The molecule has 0 unspecified atom stereocenters. The average molecular weight is 304 g/mol. The maximum atomic E-state index is 11.1. The monoisotopic (exact) mass is 303 g/mol. The second-order valence-electron chi connectivity index (χ2n) is 5.55. The van der Waals surface area contributed by atoms with Gasteiger partial charge in [0.2, 0.25) is 0 Å². The number of carbonyl (C=O) groups is 1. The lowest BCUT2D eigenvalue weighted by atomic mass is 9.84. The Morgan fingerprint density at radius 3 is 2.52 bits per heavy atom. The van der Waals surface area contributed by atoms with E-state index in [-0.39, 0.29) is 10.6 Å². The summed E-state index contributed by atoms with van der Waals surface area (Å²) in [6, 6.07) is 10.2. The van der Waals surface area contributed by atoms with Crippen LogP contribution >= 0.6 is 11.6 Å². The Labute approximate surface area is 129 Å². The van der Waals surface area contributed by atoms with Gasteiger partial charge in [-0.2, -0.15) is 0 Å². The van der Waals surface area contributed by atoms with Crippen molar-refractivity contribution in [2.75, 3.05) is 11.9 Å². The minimum atomic E-state index is -0.104. The number of anilines is 1. The molecule has 5 heteroatoms. The van der Waals surface area contributed by atoms with Crippen LogP contribution in [0.2, 0.25) is 5.15 Å². The molecule has 0 saturated heterocycles. The Bertz CT molecular complexity index is 641. The van der Waals surface area contributed by atoms with E-state index >= 15 is 0 Å². The smallest absolute Gasteiger partial charge is 0.156 e. The van der Waals surface area contributed by atoms with Crippen LogP contribution < -0.4 is 5.32 Å². The number of aryl methyl sites for hydroxylation is 1. The molecule has 0 radical (unpaired) electrons. The van der Waals surface area contributed by atoms with Crippen molar-refractivity contribution >= 4 is 23.7 Å². The molecular formula is C16H18ClN3O. The fraction of sp³-hybridized carbons (Fsp3) is 0.312. The SMILES string of the molecule is Cc1nc(Cl)c(C=O)c(NCC(C)(C)c2ccccc2)n1. The van der Waals surface area contributed by atoms with Crippen molar-refractivity contribution in [3.05, 3.63) is 52.4 Å². The van der Waals surface area contributed by atoms with E-state index in [2.05, 4.69) is 41.3 Å². The van der Waals surface area contributed by atoms with Gasteiger partial charge >= 0.3 is 0 Å². The van der Waals surface area contributed by atoms with Gasteiger partial charge in [-0.3, -0.25) is 4.79 Å².